The van der Waals surface area contributed by atoms with Crippen LogP contribution < -0.4 is 4.89 Å². The molecule has 0 aliphatic carbocycles. The number of aliphatic hydroxyl groups is 4. The highest BCUT2D eigenvalue weighted by Crippen LogP contribution is 2.29. The summed E-state index contributed by atoms with van der Waals surface area (Å²) in [5, 5.41) is 48.1. The molecule has 0 spiro atoms. The number of nitrogens with zero attached hydrogens (tertiary/aromatic N) is 3. The average Bonchev–Trinajstić information content (AvgIpc) is 3.18. The molecule has 10 heteroatoms. The Morgan fingerprint density at radius 1 is 1.06 bits per heavy atom. The highest BCUT2D eigenvalue weighted by Gasteiger charge is 2.45. The van der Waals surface area contributed by atoms with E-state index >= 15 is 0 Å². The molecule has 4 N–H and O–H groups in total. The second kappa shape index (κ2) is 9.49. The Labute approximate surface area is 184 Å². The zero-order valence-corrected chi connectivity index (χ0v) is 17.8. The van der Waals surface area contributed by atoms with Crippen LogP contribution in [-0.2, 0) is 22.6 Å². The van der Waals surface area contributed by atoms with Crippen molar-refractivity contribution in [2.24, 2.45) is 0 Å². The summed E-state index contributed by atoms with van der Waals surface area (Å²) in [4.78, 5) is 10.8. The molecule has 1 fully saturated rings. The van der Waals surface area contributed by atoms with Crippen LogP contribution in [0.4, 0.5) is 0 Å². The Bertz CT molecular complexity index is 1060. The van der Waals surface area contributed by atoms with Gasteiger partial charge in [-0.2, -0.15) is 4.89 Å². The first-order chi connectivity index (χ1) is 15.4. The summed E-state index contributed by atoms with van der Waals surface area (Å²) in [6.07, 6.45) is -6.16. The molecule has 1 aliphatic rings. The van der Waals surface area contributed by atoms with E-state index in [0.29, 0.717) is 17.6 Å². The smallest absolute Gasteiger partial charge is 0.193 e. The Hall–Kier alpha value is -2.60. The molecule has 0 radical (unpaired) electrons. The summed E-state index contributed by atoms with van der Waals surface area (Å²) in [5.41, 5.74) is 4.28. The highest BCUT2D eigenvalue weighted by molar-refractivity contribution is 5.82. The first kappa shape index (κ1) is 22.6. The largest absolute Gasteiger partial charge is 0.394 e. The van der Waals surface area contributed by atoms with Crippen molar-refractivity contribution in [3.8, 4) is 5.75 Å². The van der Waals surface area contributed by atoms with Crippen molar-refractivity contribution in [3.05, 3.63) is 53.1 Å². The van der Waals surface area contributed by atoms with Gasteiger partial charge in [0.05, 0.1) is 13.2 Å². The van der Waals surface area contributed by atoms with Gasteiger partial charge in [-0.25, -0.2) is 4.68 Å². The Morgan fingerprint density at radius 3 is 2.47 bits per heavy atom. The lowest BCUT2D eigenvalue weighted by Gasteiger charge is -2.38. The number of benzene rings is 2. The molecule has 0 amide bonds. The lowest BCUT2D eigenvalue weighted by Crippen LogP contribution is -2.59. The lowest BCUT2D eigenvalue weighted by molar-refractivity contribution is -0.364. The van der Waals surface area contributed by atoms with Crippen LogP contribution in [0.5, 0.6) is 5.75 Å². The predicted molar refractivity (Wildman–Crippen MR) is 113 cm³/mol. The van der Waals surface area contributed by atoms with Crippen LogP contribution in [0, 0.1) is 6.92 Å². The van der Waals surface area contributed by atoms with Crippen LogP contribution in [0.3, 0.4) is 0 Å². The molecule has 10 nitrogen and oxygen atoms in total. The van der Waals surface area contributed by atoms with Crippen LogP contribution in [0.1, 0.15) is 23.6 Å². The maximum Gasteiger partial charge on any atom is 0.193 e. The van der Waals surface area contributed by atoms with Gasteiger partial charge in [0.25, 0.3) is 0 Å². The van der Waals surface area contributed by atoms with Crippen LogP contribution >= 0.6 is 0 Å². The average molecular weight is 445 g/mol. The van der Waals surface area contributed by atoms with E-state index in [4.69, 9.17) is 14.5 Å². The van der Waals surface area contributed by atoms with Crippen molar-refractivity contribution in [3.63, 3.8) is 0 Å². The molecule has 2 heterocycles. The molecule has 2 aromatic carbocycles. The number of fused-ring (bicyclic) bond motifs is 1. The number of hydrogen-bond donors (Lipinski definition) is 4. The quantitative estimate of drug-likeness (QED) is 0.302. The zero-order valence-electron chi connectivity index (χ0n) is 17.8. The minimum atomic E-state index is -1.61. The van der Waals surface area contributed by atoms with Gasteiger partial charge in [-0.1, -0.05) is 36.4 Å². The fraction of sp³-hybridized carbons (Fsp3) is 0.455. The Balaban J connectivity index is 1.57. The maximum atomic E-state index is 10.3. The Kier molecular flexibility index (Phi) is 6.70. The fourth-order valence-electron chi connectivity index (χ4n) is 3.72. The van der Waals surface area contributed by atoms with Gasteiger partial charge in [0.1, 0.15) is 29.3 Å². The molecule has 0 unspecified atom stereocenters. The van der Waals surface area contributed by atoms with Crippen LogP contribution in [0.2, 0.25) is 0 Å². The topological polar surface area (TPSA) is 139 Å². The van der Waals surface area contributed by atoms with Crippen molar-refractivity contribution in [2.75, 3.05) is 6.61 Å². The molecule has 0 saturated carbocycles. The summed E-state index contributed by atoms with van der Waals surface area (Å²) in [5.74, 6) is 0.286. The predicted octanol–water partition coefficient (Wildman–Crippen LogP) is 0.461. The van der Waals surface area contributed by atoms with E-state index in [1.165, 1.54) is 5.56 Å². The van der Waals surface area contributed by atoms with Gasteiger partial charge in [-0.05, 0) is 42.2 Å². The number of aromatic nitrogens is 3. The van der Waals surface area contributed by atoms with Crippen molar-refractivity contribution < 1.29 is 34.9 Å². The molecule has 3 aromatic rings. The van der Waals surface area contributed by atoms with Gasteiger partial charge >= 0.3 is 0 Å². The van der Waals surface area contributed by atoms with Gasteiger partial charge in [0.15, 0.2) is 18.1 Å². The van der Waals surface area contributed by atoms with E-state index in [9.17, 15) is 20.4 Å². The molecule has 4 rings (SSSR count). The van der Waals surface area contributed by atoms with Gasteiger partial charge in [0.2, 0.25) is 0 Å². The molecule has 1 saturated heterocycles. The third-order valence-corrected chi connectivity index (χ3v) is 5.57. The van der Waals surface area contributed by atoms with Gasteiger partial charge in [0, 0.05) is 0 Å². The molecular weight excluding hydrogens is 418 g/mol. The monoisotopic (exact) mass is 445 g/mol. The van der Waals surface area contributed by atoms with E-state index in [0.717, 1.165) is 17.5 Å². The van der Waals surface area contributed by atoms with Gasteiger partial charge in [-0.15, -0.1) is 5.10 Å². The van der Waals surface area contributed by atoms with E-state index in [1.54, 1.807) is 10.7 Å². The van der Waals surface area contributed by atoms with Crippen molar-refractivity contribution in [1.82, 2.24) is 15.0 Å². The molecular formula is C22H27N3O7. The molecule has 1 aliphatic heterocycles. The van der Waals surface area contributed by atoms with Crippen LogP contribution in [0.25, 0.3) is 11.0 Å². The van der Waals surface area contributed by atoms with Crippen molar-refractivity contribution in [1.29, 1.82) is 0 Å². The summed E-state index contributed by atoms with van der Waals surface area (Å²) in [6, 6.07) is 11.8. The summed E-state index contributed by atoms with van der Waals surface area (Å²) >= 11 is 0. The molecule has 5 atom stereocenters. The maximum absolute atomic E-state index is 10.3. The lowest BCUT2D eigenvalue weighted by atomic mass is 9.99. The number of ether oxygens (including phenoxy) is 1. The van der Waals surface area contributed by atoms with E-state index in [1.807, 2.05) is 25.1 Å². The second-order valence-corrected chi connectivity index (χ2v) is 7.92. The normalized spacial score (nSPS) is 25.9. The first-order valence-corrected chi connectivity index (χ1v) is 10.5. The van der Waals surface area contributed by atoms with E-state index in [-0.39, 0.29) is 5.75 Å². The molecule has 32 heavy (non-hydrogen) atoms. The summed E-state index contributed by atoms with van der Waals surface area (Å²) < 4.78 is 6.77. The standard InChI is InChI=1S/C22H27N3O7/c1-3-13-4-6-14(7-5-13)10-25-18-15(23-24-25)8-12(2)9-16(18)31-32-21-20(28)19(27)17(11-26)30-22(21)29/h4-9,17,19-22,26-29H,3,10-11H2,1-2H3/t17-,19-,20+,21-,22-/m1/s1. The summed E-state index contributed by atoms with van der Waals surface area (Å²) in [7, 11) is 0. The van der Waals surface area contributed by atoms with Crippen molar-refractivity contribution >= 4 is 11.0 Å². The number of aliphatic hydroxyl groups excluding tert-OH is 4. The molecule has 0 bridgehead atoms. The van der Waals surface area contributed by atoms with Gasteiger partial charge < -0.3 is 30.1 Å². The van der Waals surface area contributed by atoms with Crippen LogP contribution in [0.15, 0.2) is 36.4 Å². The third-order valence-electron chi connectivity index (χ3n) is 5.57. The molecule has 1 aromatic heterocycles. The van der Waals surface area contributed by atoms with E-state index in [2.05, 4.69) is 29.4 Å². The number of rotatable bonds is 7. The number of aryl methyl sites for hydroxylation is 2. The minimum absolute atomic E-state index is 0.286. The Morgan fingerprint density at radius 2 is 1.78 bits per heavy atom. The minimum Gasteiger partial charge on any atom is -0.394 e. The highest BCUT2D eigenvalue weighted by atomic mass is 17.2. The van der Waals surface area contributed by atoms with Gasteiger partial charge in [-0.3, -0.25) is 0 Å². The third kappa shape index (κ3) is 4.46. The zero-order chi connectivity index (χ0) is 22.8. The van der Waals surface area contributed by atoms with Crippen molar-refractivity contribution in [2.45, 2.75) is 57.5 Å². The molecule has 172 valence electrons. The second-order valence-electron chi connectivity index (χ2n) is 7.92. The fourth-order valence-corrected chi connectivity index (χ4v) is 3.72. The SMILES string of the molecule is CCc1ccc(Cn2nnc3cc(C)cc(OO[C@@H]4[C@@H](O)[C@H](O)[C@@H](CO)O[C@H]4O)c32)cc1. The summed E-state index contributed by atoms with van der Waals surface area (Å²) in [6.45, 7) is 3.85. The first-order valence-electron chi connectivity index (χ1n) is 10.5. The van der Waals surface area contributed by atoms with Crippen LogP contribution in [-0.4, -0.2) is 72.7 Å². The number of hydrogen-bond acceptors (Lipinski definition) is 9. The van der Waals surface area contributed by atoms with E-state index < -0.39 is 37.3 Å².